The molecule has 0 amide bonds. The molecule has 1 N–H and O–H groups in total. The first-order valence-electron chi connectivity index (χ1n) is 6.52. The zero-order chi connectivity index (χ0) is 13.0. The molecule has 0 spiro atoms. The number of fused-ring (bicyclic) bond motifs is 1. The third-order valence-electron chi connectivity index (χ3n) is 3.38. The molecule has 0 unspecified atom stereocenters. The fourth-order valence-corrected chi connectivity index (χ4v) is 2.57. The van der Waals surface area contributed by atoms with E-state index in [0.717, 1.165) is 36.5 Å². The lowest BCUT2D eigenvalue weighted by molar-refractivity contribution is 0.317. The first-order valence-corrected chi connectivity index (χ1v) is 6.90. The third-order valence-corrected chi connectivity index (χ3v) is 3.62. The zero-order valence-electron chi connectivity index (χ0n) is 10.7. The van der Waals surface area contributed by atoms with Gasteiger partial charge in [-0.25, -0.2) is 0 Å². The highest BCUT2D eigenvalue weighted by atomic mass is 35.5. The van der Waals surface area contributed by atoms with Crippen molar-refractivity contribution in [3.05, 3.63) is 28.8 Å². The summed E-state index contributed by atoms with van der Waals surface area (Å²) in [5.41, 5.74) is 2.83. The molecule has 2 rings (SSSR count). The van der Waals surface area contributed by atoms with E-state index < -0.39 is 0 Å². The normalized spacial score (nSPS) is 17.0. The molecule has 0 radical (unpaired) electrons. The maximum Gasteiger partial charge on any atom is 0.0906 e. The number of anilines is 1. The summed E-state index contributed by atoms with van der Waals surface area (Å²) in [5, 5.41) is 13.1. The number of hydrogen-bond acceptors (Lipinski definition) is 3. The molecule has 0 atom stereocenters. The molecule has 1 aromatic carbocycles. The van der Waals surface area contributed by atoms with Gasteiger partial charge in [-0.2, -0.15) is 0 Å². The summed E-state index contributed by atoms with van der Waals surface area (Å²) < 4.78 is 0. The van der Waals surface area contributed by atoms with E-state index in [9.17, 15) is 0 Å². The SMILES string of the molecule is CCCCCN1CCC(=NO)c2cc(Cl)ccc21. The van der Waals surface area contributed by atoms with Gasteiger partial charge in [-0.05, 0) is 24.6 Å². The number of hydrogen-bond donors (Lipinski definition) is 1. The van der Waals surface area contributed by atoms with E-state index >= 15 is 0 Å². The van der Waals surface area contributed by atoms with E-state index in [1.54, 1.807) is 0 Å². The molecule has 1 aliphatic heterocycles. The van der Waals surface area contributed by atoms with E-state index in [1.807, 2.05) is 18.2 Å². The largest absolute Gasteiger partial charge is 0.411 e. The molecular formula is C14H19ClN2O. The highest BCUT2D eigenvalue weighted by molar-refractivity contribution is 6.31. The van der Waals surface area contributed by atoms with Crippen molar-refractivity contribution in [3.63, 3.8) is 0 Å². The Morgan fingerprint density at radius 1 is 1.39 bits per heavy atom. The maximum atomic E-state index is 9.06. The second-order valence-corrected chi connectivity index (χ2v) is 5.09. The summed E-state index contributed by atoms with van der Waals surface area (Å²) in [6, 6.07) is 5.80. The van der Waals surface area contributed by atoms with Crippen molar-refractivity contribution < 1.29 is 5.21 Å². The van der Waals surface area contributed by atoms with Crippen LogP contribution in [0.5, 0.6) is 0 Å². The Bertz CT molecular complexity index is 445. The number of halogens is 1. The van der Waals surface area contributed by atoms with Gasteiger partial charge in [-0.15, -0.1) is 0 Å². The van der Waals surface area contributed by atoms with Crippen molar-refractivity contribution in [2.24, 2.45) is 5.16 Å². The molecule has 0 saturated heterocycles. The standard InChI is InChI=1S/C14H19ClN2O/c1-2-3-4-8-17-9-7-13(16-18)12-10-11(15)5-6-14(12)17/h5-6,10,18H,2-4,7-9H2,1H3. The molecule has 0 fully saturated rings. The lowest BCUT2D eigenvalue weighted by atomic mass is 9.99. The molecule has 0 aliphatic carbocycles. The van der Waals surface area contributed by atoms with Gasteiger partial charge in [-0.1, -0.05) is 36.5 Å². The van der Waals surface area contributed by atoms with Gasteiger partial charge in [0.2, 0.25) is 0 Å². The van der Waals surface area contributed by atoms with Crippen LogP contribution in [0.15, 0.2) is 23.4 Å². The summed E-state index contributed by atoms with van der Waals surface area (Å²) in [5.74, 6) is 0. The highest BCUT2D eigenvalue weighted by Crippen LogP contribution is 2.30. The van der Waals surface area contributed by atoms with Crippen molar-refractivity contribution in [2.75, 3.05) is 18.0 Å². The third kappa shape index (κ3) is 2.78. The summed E-state index contributed by atoms with van der Waals surface area (Å²) in [6.07, 6.45) is 4.45. The lowest BCUT2D eigenvalue weighted by Gasteiger charge is -2.31. The Kier molecular flexibility index (Phi) is 4.48. The van der Waals surface area contributed by atoms with E-state index in [2.05, 4.69) is 17.0 Å². The average molecular weight is 267 g/mol. The van der Waals surface area contributed by atoms with Crippen molar-refractivity contribution in [1.82, 2.24) is 0 Å². The summed E-state index contributed by atoms with van der Waals surface area (Å²) >= 11 is 6.02. The Balaban J connectivity index is 2.23. The smallest absolute Gasteiger partial charge is 0.0906 e. The van der Waals surface area contributed by atoms with Crippen molar-refractivity contribution in [1.29, 1.82) is 0 Å². The van der Waals surface area contributed by atoms with E-state index in [0.29, 0.717) is 5.02 Å². The summed E-state index contributed by atoms with van der Waals surface area (Å²) in [7, 11) is 0. The second-order valence-electron chi connectivity index (χ2n) is 4.65. The van der Waals surface area contributed by atoms with Crippen LogP contribution in [0.3, 0.4) is 0 Å². The molecule has 1 heterocycles. The van der Waals surface area contributed by atoms with Gasteiger partial charge >= 0.3 is 0 Å². The Morgan fingerprint density at radius 2 is 2.22 bits per heavy atom. The van der Waals surface area contributed by atoms with Gasteiger partial charge in [0.1, 0.15) is 0 Å². The van der Waals surface area contributed by atoms with Gasteiger partial charge < -0.3 is 10.1 Å². The minimum Gasteiger partial charge on any atom is -0.411 e. The first kappa shape index (κ1) is 13.2. The molecule has 0 aromatic heterocycles. The molecule has 4 heteroatoms. The van der Waals surface area contributed by atoms with Crippen LogP contribution in [-0.2, 0) is 0 Å². The predicted octanol–water partition coefficient (Wildman–Crippen LogP) is 3.92. The fourth-order valence-electron chi connectivity index (χ4n) is 2.40. The molecule has 98 valence electrons. The van der Waals surface area contributed by atoms with Crippen LogP contribution in [0.2, 0.25) is 5.02 Å². The number of unbranched alkanes of at least 4 members (excludes halogenated alkanes) is 2. The lowest BCUT2D eigenvalue weighted by Crippen LogP contribution is -2.33. The average Bonchev–Trinajstić information content (AvgIpc) is 2.38. The zero-order valence-corrected chi connectivity index (χ0v) is 11.5. The minimum absolute atomic E-state index is 0.685. The predicted molar refractivity (Wildman–Crippen MR) is 76.1 cm³/mol. The molecule has 1 aromatic rings. The van der Waals surface area contributed by atoms with Gasteiger partial charge in [0.15, 0.2) is 0 Å². The second kappa shape index (κ2) is 6.10. The van der Waals surface area contributed by atoms with Crippen molar-refractivity contribution >= 4 is 23.0 Å². The number of benzene rings is 1. The molecule has 3 nitrogen and oxygen atoms in total. The Labute approximate surface area is 113 Å². The molecule has 18 heavy (non-hydrogen) atoms. The topological polar surface area (TPSA) is 35.8 Å². The van der Waals surface area contributed by atoms with Crippen LogP contribution < -0.4 is 4.90 Å². The summed E-state index contributed by atoms with van der Waals surface area (Å²) in [4.78, 5) is 2.36. The van der Waals surface area contributed by atoms with E-state index in [4.69, 9.17) is 16.8 Å². The minimum atomic E-state index is 0.685. The van der Waals surface area contributed by atoms with E-state index in [-0.39, 0.29) is 0 Å². The van der Waals surface area contributed by atoms with Crippen LogP contribution in [-0.4, -0.2) is 24.0 Å². The van der Waals surface area contributed by atoms with Crippen LogP contribution in [0.4, 0.5) is 5.69 Å². The van der Waals surface area contributed by atoms with Crippen LogP contribution in [0.1, 0.15) is 38.2 Å². The van der Waals surface area contributed by atoms with Crippen molar-refractivity contribution in [2.45, 2.75) is 32.6 Å². The molecular weight excluding hydrogens is 248 g/mol. The van der Waals surface area contributed by atoms with Crippen LogP contribution >= 0.6 is 11.6 Å². The summed E-state index contributed by atoms with van der Waals surface area (Å²) in [6.45, 7) is 4.18. The van der Waals surface area contributed by atoms with Gasteiger partial charge in [-0.3, -0.25) is 0 Å². The van der Waals surface area contributed by atoms with Gasteiger partial charge in [0.25, 0.3) is 0 Å². The highest BCUT2D eigenvalue weighted by Gasteiger charge is 2.21. The Hall–Kier alpha value is -1.22. The molecule has 1 aliphatic rings. The number of oxime groups is 1. The van der Waals surface area contributed by atoms with E-state index in [1.165, 1.54) is 19.3 Å². The number of nitrogens with zero attached hydrogens (tertiary/aromatic N) is 2. The molecule has 0 saturated carbocycles. The quantitative estimate of drug-likeness (QED) is 0.509. The van der Waals surface area contributed by atoms with Crippen LogP contribution in [0.25, 0.3) is 0 Å². The maximum absolute atomic E-state index is 9.06. The Morgan fingerprint density at radius 3 is 2.94 bits per heavy atom. The van der Waals surface area contributed by atoms with Crippen molar-refractivity contribution in [3.8, 4) is 0 Å². The molecule has 0 bridgehead atoms. The first-order chi connectivity index (χ1) is 8.76. The van der Waals surface area contributed by atoms with Crippen LogP contribution in [0, 0.1) is 0 Å². The number of rotatable bonds is 4. The monoisotopic (exact) mass is 266 g/mol. The fraction of sp³-hybridized carbons (Fsp3) is 0.500. The van der Waals surface area contributed by atoms with Gasteiger partial charge in [0.05, 0.1) is 5.71 Å². The van der Waals surface area contributed by atoms with Gasteiger partial charge in [0, 0.05) is 35.8 Å².